The van der Waals surface area contributed by atoms with Crippen molar-refractivity contribution in [3.63, 3.8) is 0 Å². The average Bonchev–Trinajstić information content (AvgIpc) is 2.60. The molecule has 1 atom stereocenters. The summed E-state index contributed by atoms with van der Waals surface area (Å²) in [4.78, 5) is 27.8. The third kappa shape index (κ3) is 5.00. The molecule has 0 bridgehead atoms. The lowest BCUT2D eigenvalue weighted by atomic mass is 10.1. The normalized spacial score (nSPS) is 16.4. The van der Waals surface area contributed by atoms with Crippen LogP contribution in [0, 0.1) is 5.82 Å². The first-order valence-electron chi connectivity index (χ1n) is 8.38. The standard InChI is InChI=1S/C17H18F4N4O2.ClH/c18-10-1-2-11-12(8-15(26)24-13(11)7-10)16(27)23-9-14(17(19,20)21)25-5-3-22-4-6-25;/h1-2,7-8,14,22H,3-6,9H2,(H,23,27)(H,24,26);1H. The minimum absolute atomic E-state index is 0. The molecule has 1 aliphatic rings. The van der Waals surface area contributed by atoms with E-state index >= 15 is 0 Å². The number of pyridine rings is 1. The Kier molecular flexibility index (Phi) is 7.02. The van der Waals surface area contributed by atoms with Crippen LogP contribution in [-0.2, 0) is 0 Å². The number of H-pyrrole nitrogens is 1. The molecule has 1 fully saturated rings. The number of alkyl halides is 3. The average molecular weight is 423 g/mol. The van der Waals surface area contributed by atoms with Gasteiger partial charge in [0, 0.05) is 44.2 Å². The number of rotatable bonds is 4. The van der Waals surface area contributed by atoms with Crippen LogP contribution in [0.2, 0.25) is 0 Å². The fraction of sp³-hybridized carbons (Fsp3) is 0.412. The molecule has 154 valence electrons. The number of piperazine rings is 1. The predicted octanol–water partition coefficient (Wildman–Crippen LogP) is 1.65. The second kappa shape index (κ2) is 8.89. The van der Waals surface area contributed by atoms with Gasteiger partial charge in [0.2, 0.25) is 5.56 Å². The zero-order valence-electron chi connectivity index (χ0n) is 14.6. The Bertz CT molecular complexity index is 897. The zero-order chi connectivity index (χ0) is 19.6. The van der Waals surface area contributed by atoms with E-state index in [4.69, 9.17) is 0 Å². The number of fused-ring (bicyclic) bond motifs is 1. The predicted molar refractivity (Wildman–Crippen MR) is 98.4 cm³/mol. The van der Waals surface area contributed by atoms with Gasteiger partial charge in [0.15, 0.2) is 0 Å². The van der Waals surface area contributed by atoms with E-state index in [0.29, 0.717) is 13.1 Å². The van der Waals surface area contributed by atoms with Gasteiger partial charge < -0.3 is 15.6 Å². The number of aromatic amines is 1. The van der Waals surface area contributed by atoms with Crippen molar-refractivity contribution in [1.82, 2.24) is 20.5 Å². The molecule has 28 heavy (non-hydrogen) atoms. The Morgan fingerprint density at radius 1 is 1.21 bits per heavy atom. The highest BCUT2D eigenvalue weighted by Crippen LogP contribution is 2.25. The van der Waals surface area contributed by atoms with E-state index in [0.717, 1.165) is 18.2 Å². The molecule has 2 heterocycles. The molecule has 0 aliphatic carbocycles. The number of hydrogen-bond acceptors (Lipinski definition) is 4. The first-order valence-corrected chi connectivity index (χ1v) is 8.38. The SMILES string of the molecule is Cl.O=C(NCC(N1CCNCC1)C(F)(F)F)c1cc(=O)[nH]c2cc(F)ccc12. The largest absolute Gasteiger partial charge is 0.405 e. The molecule has 1 aromatic heterocycles. The lowest BCUT2D eigenvalue weighted by Gasteiger charge is -2.35. The number of nitrogens with zero attached hydrogens (tertiary/aromatic N) is 1. The second-order valence-corrected chi connectivity index (χ2v) is 6.29. The van der Waals surface area contributed by atoms with E-state index in [1.165, 1.54) is 11.0 Å². The van der Waals surface area contributed by atoms with Gasteiger partial charge in [-0.2, -0.15) is 13.2 Å². The summed E-state index contributed by atoms with van der Waals surface area (Å²) in [5, 5.41) is 5.50. The zero-order valence-corrected chi connectivity index (χ0v) is 15.4. The van der Waals surface area contributed by atoms with Gasteiger partial charge in [-0.25, -0.2) is 4.39 Å². The highest BCUT2D eigenvalue weighted by Gasteiger charge is 2.43. The maximum Gasteiger partial charge on any atom is 0.405 e. The van der Waals surface area contributed by atoms with E-state index < -0.39 is 36.0 Å². The molecule has 6 nitrogen and oxygen atoms in total. The van der Waals surface area contributed by atoms with Crippen molar-refractivity contribution in [3.8, 4) is 0 Å². The molecule has 0 saturated carbocycles. The third-order valence-corrected chi connectivity index (χ3v) is 4.48. The fourth-order valence-electron chi connectivity index (χ4n) is 3.15. The number of aromatic nitrogens is 1. The number of halogens is 5. The van der Waals surface area contributed by atoms with Crippen molar-refractivity contribution in [1.29, 1.82) is 0 Å². The molecule has 0 radical (unpaired) electrons. The van der Waals surface area contributed by atoms with Gasteiger partial charge in [0.1, 0.15) is 11.9 Å². The quantitative estimate of drug-likeness (QED) is 0.655. The summed E-state index contributed by atoms with van der Waals surface area (Å²) in [6, 6.07) is 2.62. The van der Waals surface area contributed by atoms with Crippen molar-refractivity contribution in [2.45, 2.75) is 12.2 Å². The minimum Gasteiger partial charge on any atom is -0.350 e. The highest BCUT2D eigenvalue weighted by atomic mass is 35.5. The Balaban J connectivity index is 0.00000280. The van der Waals surface area contributed by atoms with Crippen molar-refractivity contribution < 1.29 is 22.4 Å². The molecule has 11 heteroatoms. The molecular weight excluding hydrogens is 404 g/mol. The van der Waals surface area contributed by atoms with Crippen LogP contribution in [0.25, 0.3) is 10.9 Å². The van der Waals surface area contributed by atoms with Crippen LogP contribution < -0.4 is 16.2 Å². The molecule has 3 rings (SSSR count). The van der Waals surface area contributed by atoms with Crippen LogP contribution in [0.3, 0.4) is 0 Å². The number of benzene rings is 1. The number of carbonyl (C=O) groups is 1. The van der Waals surface area contributed by atoms with E-state index in [2.05, 4.69) is 15.6 Å². The van der Waals surface area contributed by atoms with Gasteiger partial charge in [-0.05, 0) is 18.2 Å². The lowest BCUT2D eigenvalue weighted by molar-refractivity contribution is -0.183. The van der Waals surface area contributed by atoms with Crippen molar-refractivity contribution in [2.75, 3.05) is 32.7 Å². The number of amides is 1. The molecule has 1 aliphatic heterocycles. The van der Waals surface area contributed by atoms with Gasteiger partial charge in [-0.1, -0.05) is 0 Å². The molecule has 1 unspecified atom stereocenters. The van der Waals surface area contributed by atoms with Gasteiger partial charge in [0.05, 0.1) is 11.1 Å². The summed E-state index contributed by atoms with van der Waals surface area (Å²) >= 11 is 0. The van der Waals surface area contributed by atoms with Gasteiger partial charge in [-0.3, -0.25) is 14.5 Å². The molecule has 3 N–H and O–H groups in total. The summed E-state index contributed by atoms with van der Waals surface area (Å²) in [6.07, 6.45) is -4.51. The first-order chi connectivity index (χ1) is 12.8. The Hall–Kier alpha value is -2.17. The Morgan fingerprint density at radius 2 is 1.89 bits per heavy atom. The first kappa shape index (κ1) is 22.1. The molecule has 1 amide bonds. The van der Waals surface area contributed by atoms with Gasteiger partial charge in [0.25, 0.3) is 5.91 Å². The summed E-state index contributed by atoms with van der Waals surface area (Å²) in [6.45, 7) is 0.661. The summed E-state index contributed by atoms with van der Waals surface area (Å²) in [7, 11) is 0. The Morgan fingerprint density at radius 3 is 2.54 bits per heavy atom. The second-order valence-electron chi connectivity index (χ2n) is 6.29. The monoisotopic (exact) mass is 422 g/mol. The topological polar surface area (TPSA) is 77.2 Å². The van der Waals surface area contributed by atoms with E-state index in [-0.39, 0.29) is 42.0 Å². The number of nitrogens with one attached hydrogen (secondary N) is 3. The van der Waals surface area contributed by atoms with Crippen LogP contribution in [0.1, 0.15) is 10.4 Å². The smallest absolute Gasteiger partial charge is 0.350 e. The van der Waals surface area contributed by atoms with Gasteiger partial charge in [-0.15, -0.1) is 12.4 Å². The molecule has 0 spiro atoms. The van der Waals surface area contributed by atoms with E-state index in [1.54, 1.807) is 0 Å². The molecule has 2 aromatic rings. The molecule has 1 aromatic carbocycles. The third-order valence-electron chi connectivity index (χ3n) is 4.48. The van der Waals surface area contributed by atoms with Crippen molar-refractivity contribution in [3.05, 3.63) is 46.0 Å². The highest BCUT2D eigenvalue weighted by molar-refractivity contribution is 6.05. The van der Waals surface area contributed by atoms with Crippen LogP contribution in [0.15, 0.2) is 29.1 Å². The molecule has 1 saturated heterocycles. The fourth-order valence-corrected chi connectivity index (χ4v) is 3.15. The Labute approximate surface area is 163 Å². The van der Waals surface area contributed by atoms with Crippen molar-refractivity contribution in [2.24, 2.45) is 0 Å². The van der Waals surface area contributed by atoms with Gasteiger partial charge >= 0.3 is 6.18 Å². The van der Waals surface area contributed by atoms with Crippen LogP contribution in [0.4, 0.5) is 17.6 Å². The van der Waals surface area contributed by atoms with E-state index in [1.807, 2.05) is 0 Å². The maximum absolute atomic E-state index is 13.4. The van der Waals surface area contributed by atoms with Crippen molar-refractivity contribution >= 4 is 29.2 Å². The van der Waals surface area contributed by atoms with Crippen LogP contribution in [0.5, 0.6) is 0 Å². The number of carbonyl (C=O) groups excluding carboxylic acids is 1. The number of hydrogen-bond donors (Lipinski definition) is 3. The van der Waals surface area contributed by atoms with E-state index in [9.17, 15) is 27.2 Å². The maximum atomic E-state index is 13.4. The summed E-state index contributed by atoms with van der Waals surface area (Å²) < 4.78 is 53.6. The van der Waals surface area contributed by atoms with Crippen LogP contribution >= 0.6 is 12.4 Å². The summed E-state index contributed by atoms with van der Waals surface area (Å²) in [5.74, 6) is -1.42. The summed E-state index contributed by atoms with van der Waals surface area (Å²) in [5.41, 5.74) is -0.648. The lowest BCUT2D eigenvalue weighted by Crippen LogP contribution is -2.57. The molecular formula is C17H19ClF4N4O2. The minimum atomic E-state index is -4.51. The van der Waals surface area contributed by atoms with Crippen LogP contribution in [-0.4, -0.2) is 60.7 Å².